The largest absolute Gasteiger partial charge is 0.480 e. The highest BCUT2D eigenvalue weighted by molar-refractivity contribution is 5.96. The molecule has 0 aromatic heterocycles. The predicted molar refractivity (Wildman–Crippen MR) is 60.5 cm³/mol. The maximum absolute atomic E-state index is 11.6. The van der Waals surface area contributed by atoms with E-state index in [1.807, 2.05) is 6.07 Å². The van der Waals surface area contributed by atoms with Crippen LogP contribution in [-0.4, -0.2) is 29.4 Å². The highest BCUT2D eigenvalue weighted by Gasteiger charge is 2.10. The molecule has 0 spiro atoms. The molecule has 1 atom stereocenters. The summed E-state index contributed by atoms with van der Waals surface area (Å²) in [5.74, 6) is -0.891. The SMILES string of the molecule is CC(NCCC(=O)c1ccccc1)C(=O)O. The molecule has 0 fully saturated rings. The second kappa shape index (κ2) is 6.02. The monoisotopic (exact) mass is 221 g/mol. The van der Waals surface area contributed by atoms with E-state index in [2.05, 4.69) is 5.32 Å². The van der Waals surface area contributed by atoms with Crippen molar-refractivity contribution in [2.75, 3.05) is 6.54 Å². The minimum absolute atomic E-state index is 0.0192. The Morgan fingerprint density at radius 2 is 1.94 bits per heavy atom. The quantitative estimate of drug-likeness (QED) is 0.711. The normalized spacial score (nSPS) is 12.1. The summed E-state index contributed by atoms with van der Waals surface area (Å²) in [6.07, 6.45) is 0.307. The summed E-state index contributed by atoms with van der Waals surface area (Å²) in [4.78, 5) is 22.1. The van der Waals surface area contributed by atoms with E-state index < -0.39 is 12.0 Å². The van der Waals surface area contributed by atoms with Gasteiger partial charge in [-0.2, -0.15) is 0 Å². The smallest absolute Gasteiger partial charge is 0.320 e. The summed E-state index contributed by atoms with van der Waals surface area (Å²) < 4.78 is 0. The summed E-state index contributed by atoms with van der Waals surface area (Å²) in [7, 11) is 0. The number of rotatable bonds is 6. The Morgan fingerprint density at radius 3 is 2.50 bits per heavy atom. The van der Waals surface area contributed by atoms with Gasteiger partial charge in [0.2, 0.25) is 0 Å². The molecular weight excluding hydrogens is 206 g/mol. The first-order valence-corrected chi connectivity index (χ1v) is 5.15. The molecule has 16 heavy (non-hydrogen) atoms. The Balaban J connectivity index is 2.34. The highest BCUT2D eigenvalue weighted by atomic mass is 16.4. The van der Waals surface area contributed by atoms with E-state index in [0.717, 1.165) is 0 Å². The minimum Gasteiger partial charge on any atom is -0.480 e. The Morgan fingerprint density at radius 1 is 1.31 bits per heavy atom. The van der Waals surface area contributed by atoms with Crippen molar-refractivity contribution in [2.24, 2.45) is 0 Å². The summed E-state index contributed by atoms with van der Waals surface area (Å²) in [5, 5.41) is 11.4. The van der Waals surface area contributed by atoms with Gasteiger partial charge in [-0.1, -0.05) is 30.3 Å². The molecule has 0 aliphatic carbocycles. The summed E-state index contributed by atoms with van der Waals surface area (Å²) in [6, 6.07) is 8.35. The molecule has 2 N–H and O–H groups in total. The minimum atomic E-state index is -0.910. The second-order valence-corrected chi connectivity index (χ2v) is 3.55. The number of hydrogen-bond donors (Lipinski definition) is 2. The molecule has 86 valence electrons. The fourth-order valence-corrected chi connectivity index (χ4v) is 1.26. The van der Waals surface area contributed by atoms with E-state index in [4.69, 9.17) is 5.11 Å². The summed E-state index contributed by atoms with van der Waals surface area (Å²) in [6.45, 7) is 1.93. The molecule has 1 aromatic rings. The second-order valence-electron chi connectivity index (χ2n) is 3.55. The van der Waals surface area contributed by atoms with E-state index in [1.54, 1.807) is 31.2 Å². The third-order valence-electron chi connectivity index (χ3n) is 2.27. The number of carbonyl (C=O) groups is 2. The van der Waals surface area contributed by atoms with Gasteiger partial charge < -0.3 is 10.4 Å². The topological polar surface area (TPSA) is 66.4 Å². The van der Waals surface area contributed by atoms with Crippen molar-refractivity contribution >= 4 is 11.8 Å². The first kappa shape index (κ1) is 12.4. The van der Waals surface area contributed by atoms with E-state index in [9.17, 15) is 9.59 Å². The standard InChI is InChI=1S/C12H15NO3/c1-9(12(15)16)13-8-7-11(14)10-5-3-2-4-6-10/h2-6,9,13H,7-8H2,1H3,(H,15,16). The third-order valence-corrected chi connectivity index (χ3v) is 2.27. The van der Waals surface area contributed by atoms with Crippen molar-refractivity contribution in [1.82, 2.24) is 5.32 Å². The number of carboxylic acids is 1. The number of carbonyl (C=O) groups excluding carboxylic acids is 1. The molecule has 0 heterocycles. The number of carboxylic acid groups (broad SMARTS) is 1. The van der Waals surface area contributed by atoms with Gasteiger partial charge in [0.1, 0.15) is 6.04 Å². The lowest BCUT2D eigenvalue weighted by Crippen LogP contribution is -2.35. The molecule has 0 aliphatic heterocycles. The zero-order valence-corrected chi connectivity index (χ0v) is 9.14. The molecule has 0 radical (unpaired) electrons. The van der Waals surface area contributed by atoms with Gasteiger partial charge in [-0.15, -0.1) is 0 Å². The fraction of sp³-hybridized carbons (Fsp3) is 0.333. The Labute approximate surface area is 94.3 Å². The van der Waals surface area contributed by atoms with Crippen LogP contribution in [0.25, 0.3) is 0 Å². The van der Waals surface area contributed by atoms with Gasteiger partial charge in [0.15, 0.2) is 5.78 Å². The number of ketones is 1. The average Bonchev–Trinajstić information content (AvgIpc) is 2.29. The van der Waals surface area contributed by atoms with Crippen molar-refractivity contribution in [2.45, 2.75) is 19.4 Å². The lowest BCUT2D eigenvalue weighted by Gasteiger charge is -2.08. The molecule has 1 aromatic carbocycles. The van der Waals surface area contributed by atoms with E-state index in [1.165, 1.54) is 0 Å². The van der Waals surface area contributed by atoms with Crippen molar-refractivity contribution < 1.29 is 14.7 Å². The Hall–Kier alpha value is -1.68. The zero-order chi connectivity index (χ0) is 12.0. The number of nitrogens with one attached hydrogen (secondary N) is 1. The molecule has 0 aliphatic rings. The molecule has 0 saturated heterocycles. The van der Waals surface area contributed by atoms with Crippen LogP contribution in [0.1, 0.15) is 23.7 Å². The first-order valence-electron chi connectivity index (χ1n) is 5.15. The zero-order valence-electron chi connectivity index (χ0n) is 9.14. The van der Waals surface area contributed by atoms with Crippen molar-refractivity contribution in [3.8, 4) is 0 Å². The Kier molecular flexibility index (Phi) is 4.66. The van der Waals surface area contributed by atoms with Crippen LogP contribution >= 0.6 is 0 Å². The molecule has 1 unspecified atom stereocenters. The Bertz CT molecular complexity index is 362. The summed E-state index contributed by atoms with van der Waals surface area (Å²) in [5.41, 5.74) is 0.660. The van der Waals surface area contributed by atoms with Gasteiger partial charge in [-0.25, -0.2) is 0 Å². The van der Waals surface area contributed by atoms with Crippen molar-refractivity contribution in [3.63, 3.8) is 0 Å². The fourth-order valence-electron chi connectivity index (χ4n) is 1.26. The van der Waals surface area contributed by atoms with Crippen molar-refractivity contribution in [1.29, 1.82) is 0 Å². The van der Waals surface area contributed by atoms with Gasteiger partial charge in [0, 0.05) is 18.5 Å². The van der Waals surface area contributed by atoms with E-state index in [0.29, 0.717) is 18.5 Å². The molecule has 0 bridgehead atoms. The highest BCUT2D eigenvalue weighted by Crippen LogP contribution is 2.02. The van der Waals surface area contributed by atoms with Crippen LogP contribution in [0.3, 0.4) is 0 Å². The van der Waals surface area contributed by atoms with Crippen LogP contribution in [0, 0.1) is 0 Å². The number of hydrogen-bond acceptors (Lipinski definition) is 3. The maximum atomic E-state index is 11.6. The summed E-state index contributed by atoms with van der Waals surface area (Å²) >= 11 is 0. The van der Waals surface area contributed by atoms with Crippen LogP contribution < -0.4 is 5.32 Å². The van der Waals surface area contributed by atoms with Crippen LogP contribution in [0.4, 0.5) is 0 Å². The van der Waals surface area contributed by atoms with Crippen LogP contribution in [0.2, 0.25) is 0 Å². The third kappa shape index (κ3) is 3.82. The van der Waals surface area contributed by atoms with Gasteiger partial charge >= 0.3 is 5.97 Å². The van der Waals surface area contributed by atoms with E-state index in [-0.39, 0.29) is 5.78 Å². The van der Waals surface area contributed by atoms with Gasteiger partial charge in [0.05, 0.1) is 0 Å². The number of aliphatic carboxylic acids is 1. The van der Waals surface area contributed by atoms with Gasteiger partial charge in [-0.05, 0) is 6.92 Å². The molecule has 1 rings (SSSR count). The molecular formula is C12H15NO3. The molecule has 0 saturated carbocycles. The number of Topliss-reactive ketones (excluding diaryl/α,β-unsaturated/α-hetero) is 1. The number of benzene rings is 1. The van der Waals surface area contributed by atoms with Crippen LogP contribution in [0.5, 0.6) is 0 Å². The first-order chi connectivity index (χ1) is 7.61. The predicted octanol–water partition coefficient (Wildman–Crippen LogP) is 1.32. The van der Waals surface area contributed by atoms with E-state index >= 15 is 0 Å². The van der Waals surface area contributed by atoms with Crippen LogP contribution in [-0.2, 0) is 4.79 Å². The van der Waals surface area contributed by atoms with Gasteiger partial charge in [-0.3, -0.25) is 9.59 Å². The van der Waals surface area contributed by atoms with Crippen LogP contribution in [0.15, 0.2) is 30.3 Å². The van der Waals surface area contributed by atoms with Gasteiger partial charge in [0.25, 0.3) is 0 Å². The maximum Gasteiger partial charge on any atom is 0.320 e. The van der Waals surface area contributed by atoms with Crippen molar-refractivity contribution in [3.05, 3.63) is 35.9 Å². The molecule has 4 heteroatoms. The molecule has 4 nitrogen and oxygen atoms in total. The lowest BCUT2D eigenvalue weighted by atomic mass is 10.1. The average molecular weight is 221 g/mol. The molecule has 0 amide bonds. The lowest BCUT2D eigenvalue weighted by molar-refractivity contribution is -0.138.